The van der Waals surface area contributed by atoms with Crippen molar-refractivity contribution in [2.24, 2.45) is 17.2 Å². The zero-order valence-corrected chi connectivity index (χ0v) is 9.89. The normalized spacial score (nSPS) is 14.1. The summed E-state index contributed by atoms with van der Waals surface area (Å²) in [5, 5.41) is 11.3. The molecule has 17 heavy (non-hydrogen) atoms. The van der Waals surface area contributed by atoms with Crippen molar-refractivity contribution in [2.75, 3.05) is 13.1 Å². The van der Waals surface area contributed by atoms with Crippen molar-refractivity contribution in [3.63, 3.8) is 0 Å². The second kappa shape index (κ2) is 8.91. The first-order valence-corrected chi connectivity index (χ1v) is 5.71. The summed E-state index contributed by atoms with van der Waals surface area (Å²) < 4.78 is 0. The summed E-state index contributed by atoms with van der Waals surface area (Å²) >= 11 is 0. The third kappa shape index (κ3) is 6.88. The molecule has 0 aliphatic rings. The van der Waals surface area contributed by atoms with E-state index in [1.165, 1.54) is 0 Å². The van der Waals surface area contributed by atoms with Crippen LogP contribution >= 0.6 is 0 Å². The molecule has 1 amide bonds. The van der Waals surface area contributed by atoms with E-state index in [0.717, 1.165) is 0 Å². The summed E-state index contributed by atoms with van der Waals surface area (Å²) in [5.74, 6) is -1.53. The SMILES string of the molecule is NCCCC(N)C(=O)NC(CCCN)C(=O)O. The number of aliphatic carboxylic acids is 1. The van der Waals surface area contributed by atoms with Gasteiger partial charge in [-0.3, -0.25) is 4.79 Å². The highest BCUT2D eigenvalue weighted by atomic mass is 16.4. The van der Waals surface area contributed by atoms with E-state index in [-0.39, 0.29) is 0 Å². The first-order chi connectivity index (χ1) is 8.02. The molecular formula is C10H22N4O3. The second-order valence-corrected chi connectivity index (χ2v) is 3.87. The molecule has 8 N–H and O–H groups in total. The Hall–Kier alpha value is -1.18. The van der Waals surface area contributed by atoms with E-state index in [1.807, 2.05) is 0 Å². The van der Waals surface area contributed by atoms with E-state index in [0.29, 0.717) is 38.8 Å². The molecule has 0 saturated carbocycles. The van der Waals surface area contributed by atoms with Gasteiger partial charge in [0.1, 0.15) is 6.04 Å². The fraction of sp³-hybridized carbons (Fsp3) is 0.800. The van der Waals surface area contributed by atoms with Gasteiger partial charge in [0.25, 0.3) is 0 Å². The van der Waals surface area contributed by atoms with Gasteiger partial charge in [-0.25, -0.2) is 4.79 Å². The van der Waals surface area contributed by atoms with Gasteiger partial charge in [-0.2, -0.15) is 0 Å². The van der Waals surface area contributed by atoms with Gasteiger partial charge in [-0.1, -0.05) is 0 Å². The lowest BCUT2D eigenvalue weighted by Gasteiger charge is -2.17. The number of carbonyl (C=O) groups is 2. The number of rotatable bonds is 9. The Morgan fingerprint density at radius 3 is 2.12 bits per heavy atom. The van der Waals surface area contributed by atoms with Crippen molar-refractivity contribution in [3.8, 4) is 0 Å². The van der Waals surface area contributed by atoms with Crippen LogP contribution in [-0.2, 0) is 9.59 Å². The summed E-state index contributed by atoms with van der Waals surface area (Å²) in [4.78, 5) is 22.4. The molecule has 0 aliphatic heterocycles. The molecule has 7 heteroatoms. The number of carboxylic acids is 1. The standard InChI is InChI=1S/C10H22N4O3/c11-5-1-3-7(13)9(15)14-8(10(16)17)4-2-6-12/h7-8H,1-6,11-13H2,(H,14,15)(H,16,17). The Labute approximate surface area is 101 Å². The summed E-state index contributed by atoms with van der Waals surface area (Å²) in [6.45, 7) is 0.843. The van der Waals surface area contributed by atoms with E-state index < -0.39 is 24.0 Å². The molecule has 0 fully saturated rings. The monoisotopic (exact) mass is 246 g/mol. The van der Waals surface area contributed by atoms with Gasteiger partial charge < -0.3 is 27.6 Å². The topological polar surface area (TPSA) is 144 Å². The number of hydrogen-bond donors (Lipinski definition) is 5. The third-order valence-corrected chi connectivity index (χ3v) is 2.37. The number of carbonyl (C=O) groups excluding carboxylic acids is 1. The molecule has 0 aliphatic carbocycles. The Morgan fingerprint density at radius 1 is 1.12 bits per heavy atom. The maximum Gasteiger partial charge on any atom is 0.326 e. The van der Waals surface area contributed by atoms with Crippen LogP contribution in [0.3, 0.4) is 0 Å². The van der Waals surface area contributed by atoms with Crippen molar-refractivity contribution in [1.82, 2.24) is 5.32 Å². The number of nitrogens with two attached hydrogens (primary N) is 3. The molecule has 7 nitrogen and oxygen atoms in total. The van der Waals surface area contributed by atoms with Crippen molar-refractivity contribution in [3.05, 3.63) is 0 Å². The molecular weight excluding hydrogens is 224 g/mol. The van der Waals surface area contributed by atoms with E-state index in [1.54, 1.807) is 0 Å². The predicted octanol–water partition coefficient (Wildman–Crippen LogP) is -1.64. The number of hydrogen-bond acceptors (Lipinski definition) is 5. The molecule has 100 valence electrons. The van der Waals surface area contributed by atoms with E-state index in [9.17, 15) is 9.59 Å². The van der Waals surface area contributed by atoms with Crippen LogP contribution in [0.4, 0.5) is 0 Å². The van der Waals surface area contributed by atoms with Crippen LogP contribution < -0.4 is 22.5 Å². The van der Waals surface area contributed by atoms with Crippen molar-refractivity contribution < 1.29 is 14.7 Å². The number of nitrogens with one attached hydrogen (secondary N) is 1. The van der Waals surface area contributed by atoms with Crippen LogP contribution in [0.2, 0.25) is 0 Å². The molecule has 0 spiro atoms. The molecule has 0 radical (unpaired) electrons. The minimum atomic E-state index is -1.07. The smallest absolute Gasteiger partial charge is 0.326 e. The quantitative estimate of drug-likeness (QED) is 0.330. The molecule has 0 aromatic carbocycles. The zero-order valence-electron chi connectivity index (χ0n) is 9.89. The lowest BCUT2D eigenvalue weighted by molar-refractivity contribution is -0.142. The minimum Gasteiger partial charge on any atom is -0.480 e. The Morgan fingerprint density at radius 2 is 1.65 bits per heavy atom. The summed E-state index contributed by atoms with van der Waals surface area (Å²) in [6.07, 6.45) is 1.93. The van der Waals surface area contributed by atoms with Crippen LogP contribution in [0.25, 0.3) is 0 Å². The van der Waals surface area contributed by atoms with Crippen LogP contribution in [0, 0.1) is 0 Å². The Kier molecular flexibility index (Phi) is 8.29. The molecule has 2 atom stereocenters. The first-order valence-electron chi connectivity index (χ1n) is 5.71. The predicted molar refractivity (Wildman–Crippen MR) is 64.1 cm³/mol. The van der Waals surface area contributed by atoms with Gasteiger partial charge in [0.05, 0.1) is 6.04 Å². The van der Waals surface area contributed by atoms with Crippen molar-refractivity contribution in [1.29, 1.82) is 0 Å². The maximum absolute atomic E-state index is 11.6. The molecule has 0 saturated heterocycles. The highest BCUT2D eigenvalue weighted by Gasteiger charge is 2.22. The minimum absolute atomic E-state index is 0.307. The molecule has 2 unspecified atom stereocenters. The summed E-state index contributed by atoms with van der Waals surface area (Å²) in [7, 11) is 0. The summed E-state index contributed by atoms with van der Waals surface area (Å²) in [6, 6.07) is -1.63. The van der Waals surface area contributed by atoms with Crippen LogP contribution in [0.15, 0.2) is 0 Å². The lowest BCUT2D eigenvalue weighted by atomic mass is 10.1. The largest absolute Gasteiger partial charge is 0.480 e. The average molecular weight is 246 g/mol. The fourth-order valence-corrected chi connectivity index (χ4v) is 1.33. The van der Waals surface area contributed by atoms with E-state index >= 15 is 0 Å². The molecule has 0 aromatic heterocycles. The molecule has 0 rings (SSSR count). The van der Waals surface area contributed by atoms with E-state index in [4.69, 9.17) is 22.3 Å². The molecule has 0 aromatic rings. The number of amides is 1. The second-order valence-electron chi connectivity index (χ2n) is 3.87. The van der Waals surface area contributed by atoms with Gasteiger partial charge in [0.2, 0.25) is 5.91 Å². The van der Waals surface area contributed by atoms with Gasteiger partial charge in [-0.15, -0.1) is 0 Å². The lowest BCUT2D eigenvalue weighted by Crippen LogP contribution is -2.48. The van der Waals surface area contributed by atoms with Crippen molar-refractivity contribution >= 4 is 11.9 Å². The first kappa shape index (κ1) is 15.8. The van der Waals surface area contributed by atoms with Gasteiger partial charge in [0.15, 0.2) is 0 Å². The highest BCUT2D eigenvalue weighted by molar-refractivity contribution is 5.86. The number of carboxylic acid groups (broad SMARTS) is 1. The van der Waals surface area contributed by atoms with Crippen LogP contribution in [0.1, 0.15) is 25.7 Å². The van der Waals surface area contributed by atoms with Crippen LogP contribution in [-0.4, -0.2) is 42.2 Å². The maximum atomic E-state index is 11.6. The Balaban J connectivity index is 4.15. The van der Waals surface area contributed by atoms with Crippen molar-refractivity contribution in [2.45, 2.75) is 37.8 Å². The van der Waals surface area contributed by atoms with Crippen LogP contribution in [0.5, 0.6) is 0 Å². The Bertz CT molecular complexity index is 248. The molecule has 0 bridgehead atoms. The van der Waals surface area contributed by atoms with Gasteiger partial charge in [-0.05, 0) is 38.8 Å². The van der Waals surface area contributed by atoms with Gasteiger partial charge in [0, 0.05) is 0 Å². The van der Waals surface area contributed by atoms with E-state index in [2.05, 4.69) is 5.32 Å². The fourth-order valence-electron chi connectivity index (χ4n) is 1.33. The molecule has 0 heterocycles. The highest BCUT2D eigenvalue weighted by Crippen LogP contribution is 1.99. The summed E-state index contributed by atoms with van der Waals surface area (Å²) in [5.41, 5.74) is 16.2. The third-order valence-electron chi connectivity index (χ3n) is 2.37. The average Bonchev–Trinajstić information content (AvgIpc) is 2.30. The zero-order chi connectivity index (χ0) is 13.3. The van der Waals surface area contributed by atoms with Gasteiger partial charge >= 0.3 is 5.97 Å².